The van der Waals surface area contributed by atoms with E-state index >= 15 is 0 Å². The third-order valence-electron chi connectivity index (χ3n) is 4.09. The maximum Gasteiger partial charge on any atom is 0.0725 e. The van der Waals surface area contributed by atoms with Crippen molar-refractivity contribution in [2.45, 2.75) is 77.4 Å². The molecule has 1 saturated carbocycles. The summed E-state index contributed by atoms with van der Waals surface area (Å²) in [6.45, 7) is 5.48. The molecule has 1 fully saturated rings. The molecule has 0 aliphatic heterocycles. The Kier molecular flexibility index (Phi) is 7.87. The van der Waals surface area contributed by atoms with Crippen LogP contribution in [0.25, 0.3) is 0 Å². The number of ether oxygens (including phenoxy) is 1. The van der Waals surface area contributed by atoms with Gasteiger partial charge in [0.25, 0.3) is 0 Å². The van der Waals surface area contributed by atoms with Gasteiger partial charge in [0.2, 0.25) is 0 Å². The maximum atomic E-state index is 6.17. The molecular formula is C15H31NO. The number of likely N-dealkylation sites (N-methyl/N-ethyl adjacent to an activating group) is 1. The Morgan fingerprint density at radius 2 is 1.88 bits per heavy atom. The molecule has 0 radical (unpaired) electrons. The lowest BCUT2D eigenvalue weighted by molar-refractivity contribution is -0.00302. The summed E-state index contributed by atoms with van der Waals surface area (Å²) < 4.78 is 6.17. The summed E-state index contributed by atoms with van der Waals surface area (Å²) in [5.74, 6) is 0.830. The Balaban J connectivity index is 2.28. The van der Waals surface area contributed by atoms with Gasteiger partial charge in [0.05, 0.1) is 6.10 Å². The third-order valence-corrected chi connectivity index (χ3v) is 4.09. The van der Waals surface area contributed by atoms with Gasteiger partial charge in [-0.25, -0.2) is 0 Å². The monoisotopic (exact) mass is 241 g/mol. The van der Waals surface area contributed by atoms with E-state index in [-0.39, 0.29) is 0 Å². The molecule has 2 nitrogen and oxygen atoms in total. The summed E-state index contributed by atoms with van der Waals surface area (Å²) in [6, 6.07) is 0.536. The van der Waals surface area contributed by atoms with Gasteiger partial charge >= 0.3 is 0 Å². The second-order valence-corrected chi connectivity index (χ2v) is 5.47. The highest BCUT2D eigenvalue weighted by Crippen LogP contribution is 2.24. The van der Waals surface area contributed by atoms with E-state index in [9.17, 15) is 0 Å². The minimum atomic E-state index is 0.405. The van der Waals surface area contributed by atoms with Gasteiger partial charge < -0.3 is 10.1 Å². The van der Waals surface area contributed by atoms with Gasteiger partial charge in [-0.1, -0.05) is 39.5 Å². The molecule has 0 amide bonds. The third kappa shape index (κ3) is 5.39. The summed E-state index contributed by atoms with van der Waals surface area (Å²) in [7, 11) is 2.06. The summed E-state index contributed by atoms with van der Waals surface area (Å²) >= 11 is 0. The first-order chi connectivity index (χ1) is 8.31. The molecule has 1 N–H and O–H groups in total. The van der Waals surface area contributed by atoms with Crippen LogP contribution in [0.4, 0.5) is 0 Å². The zero-order chi connectivity index (χ0) is 12.5. The smallest absolute Gasteiger partial charge is 0.0725 e. The number of rotatable bonds is 8. The lowest BCUT2D eigenvalue weighted by Crippen LogP contribution is -2.39. The Morgan fingerprint density at radius 3 is 2.41 bits per heavy atom. The molecule has 0 bridgehead atoms. The van der Waals surface area contributed by atoms with Crippen LogP contribution in [0.5, 0.6) is 0 Å². The first-order valence-corrected chi connectivity index (χ1v) is 7.60. The molecule has 2 atom stereocenters. The molecule has 2 unspecified atom stereocenters. The van der Waals surface area contributed by atoms with E-state index in [0.717, 1.165) is 18.9 Å². The SMILES string of the molecule is CCCC(NC)C(CC)OCC1CCCCC1. The average molecular weight is 241 g/mol. The molecule has 0 aromatic rings. The van der Waals surface area contributed by atoms with Crippen LogP contribution in [0.3, 0.4) is 0 Å². The van der Waals surface area contributed by atoms with Crippen molar-refractivity contribution in [3.8, 4) is 0 Å². The van der Waals surface area contributed by atoms with Crippen LogP contribution in [-0.4, -0.2) is 25.8 Å². The average Bonchev–Trinajstić information content (AvgIpc) is 2.39. The first kappa shape index (κ1) is 15.0. The van der Waals surface area contributed by atoms with E-state index in [1.54, 1.807) is 0 Å². The van der Waals surface area contributed by atoms with Crippen molar-refractivity contribution in [2.24, 2.45) is 5.92 Å². The highest BCUT2D eigenvalue weighted by molar-refractivity contribution is 4.75. The minimum Gasteiger partial charge on any atom is -0.376 e. The summed E-state index contributed by atoms with van der Waals surface area (Å²) in [5, 5.41) is 3.42. The van der Waals surface area contributed by atoms with Crippen LogP contribution in [-0.2, 0) is 4.74 Å². The van der Waals surface area contributed by atoms with Crippen molar-refractivity contribution in [1.29, 1.82) is 0 Å². The van der Waals surface area contributed by atoms with Crippen molar-refractivity contribution in [2.75, 3.05) is 13.7 Å². The fourth-order valence-electron chi connectivity index (χ4n) is 2.96. The largest absolute Gasteiger partial charge is 0.376 e. The normalized spacial score (nSPS) is 21.4. The predicted molar refractivity (Wildman–Crippen MR) is 74.4 cm³/mol. The molecule has 17 heavy (non-hydrogen) atoms. The Bertz CT molecular complexity index is 178. The Labute approximate surface area is 108 Å². The van der Waals surface area contributed by atoms with Gasteiger partial charge in [-0.15, -0.1) is 0 Å². The van der Waals surface area contributed by atoms with Crippen LogP contribution in [0, 0.1) is 5.92 Å². The molecule has 0 aromatic carbocycles. The van der Waals surface area contributed by atoms with E-state index in [4.69, 9.17) is 4.74 Å². The van der Waals surface area contributed by atoms with Gasteiger partial charge in [0.15, 0.2) is 0 Å². The van der Waals surface area contributed by atoms with Gasteiger partial charge in [-0.3, -0.25) is 0 Å². The highest BCUT2D eigenvalue weighted by Gasteiger charge is 2.20. The lowest BCUT2D eigenvalue weighted by atomic mass is 9.90. The molecule has 0 aromatic heterocycles. The Hall–Kier alpha value is -0.0800. The zero-order valence-corrected chi connectivity index (χ0v) is 12.0. The molecule has 1 aliphatic rings. The maximum absolute atomic E-state index is 6.17. The number of nitrogens with one attached hydrogen (secondary N) is 1. The minimum absolute atomic E-state index is 0.405. The van der Waals surface area contributed by atoms with Gasteiger partial charge in [-0.2, -0.15) is 0 Å². The summed E-state index contributed by atoms with van der Waals surface area (Å²) in [6.07, 6.45) is 11.0. The molecule has 0 heterocycles. The molecule has 1 rings (SSSR count). The van der Waals surface area contributed by atoms with Gasteiger partial charge in [0.1, 0.15) is 0 Å². The molecular weight excluding hydrogens is 210 g/mol. The highest BCUT2D eigenvalue weighted by atomic mass is 16.5. The quantitative estimate of drug-likeness (QED) is 0.699. The van der Waals surface area contributed by atoms with Crippen LogP contribution in [0.2, 0.25) is 0 Å². The van der Waals surface area contributed by atoms with Crippen LogP contribution < -0.4 is 5.32 Å². The van der Waals surface area contributed by atoms with Crippen molar-refractivity contribution in [3.63, 3.8) is 0 Å². The van der Waals surface area contributed by atoms with Gasteiger partial charge in [0, 0.05) is 12.6 Å². The molecule has 102 valence electrons. The second-order valence-electron chi connectivity index (χ2n) is 5.47. The van der Waals surface area contributed by atoms with Crippen LogP contribution >= 0.6 is 0 Å². The van der Waals surface area contributed by atoms with Crippen molar-refractivity contribution in [3.05, 3.63) is 0 Å². The van der Waals surface area contributed by atoms with Crippen molar-refractivity contribution < 1.29 is 4.74 Å². The van der Waals surface area contributed by atoms with E-state index in [0.29, 0.717) is 12.1 Å². The summed E-state index contributed by atoms with van der Waals surface area (Å²) in [5.41, 5.74) is 0. The standard InChI is InChI=1S/C15H31NO/c1-4-9-14(16-3)15(5-2)17-12-13-10-7-6-8-11-13/h13-16H,4-12H2,1-3H3. The molecule has 0 saturated heterocycles. The molecule has 0 spiro atoms. The van der Waals surface area contributed by atoms with E-state index in [2.05, 4.69) is 26.2 Å². The molecule has 1 aliphatic carbocycles. The van der Waals surface area contributed by atoms with Crippen LogP contribution in [0.15, 0.2) is 0 Å². The zero-order valence-electron chi connectivity index (χ0n) is 12.0. The first-order valence-electron chi connectivity index (χ1n) is 7.60. The topological polar surface area (TPSA) is 21.3 Å². The fraction of sp³-hybridized carbons (Fsp3) is 1.00. The van der Waals surface area contributed by atoms with E-state index in [1.165, 1.54) is 44.9 Å². The predicted octanol–water partition coefficient (Wildman–Crippen LogP) is 3.75. The van der Waals surface area contributed by atoms with Crippen molar-refractivity contribution >= 4 is 0 Å². The van der Waals surface area contributed by atoms with Gasteiger partial charge in [-0.05, 0) is 38.6 Å². The second kappa shape index (κ2) is 8.93. The van der Waals surface area contributed by atoms with E-state index < -0.39 is 0 Å². The lowest BCUT2D eigenvalue weighted by Gasteiger charge is -2.29. The van der Waals surface area contributed by atoms with Crippen molar-refractivity contribution in [1.82, 2.24) is 5.32 Å². The fourth-order valence-corrected chi connectivity index (χ4v) is 2.96. The number of hydrogen-bond acceptors (Lipinski definition) is 2. The summed E-state index contributed by atoms with van der Waals surface area (Å²) in [4.78, 5) is 0. The Morgan fingerprint density at radius 1 is 1.18 bits per heavy atom. The molecule has 2 heteroatoms. The number of hydrogen-bond donors (Lipinski definition) is 1. The van der Waals surface area contributed by atoms with Crippen LogP contribution in [0.1, 0.15) is 65.2 Å². The van der Waals surface area contributed by atoms with E-state index in [1.807, 2.05) is 0 Å².